The highest BCUT2D eigenvalue weighted by molar-refractivity contribution is 6.03. The molecule has 1 fully saturated rings. The van der Waals surface area contributed by atoms with Crippen LogP contribution in [0.2, 0.25) is 0 Å². The lowest BCUT2D eigenvalue weighted by Crippen LogP contribution is -2.41. The summed E-state index contributed by atoms with van der Waals surface area (Å²) in [5, 5.41) is 0. The van der Waals surface area contributed by atoms with Crippen LogP contribution in [-0.4, -0.2) is 45.2 Å². The van der Waals surface area contributed by atoms with E-state index in [9.17, 15) is 9.59 Å². The summed E-state index contributed by atoms with van der Waals surface area (Å²) in [7, 11) is 0. The molecule has 6 nitrogen and oxygen atoms in total. The minimum Gasteiger partial charge on any atom is -0.462 e. The fourth-order valence-electron chi connectivity index (χ4n) is 3.09. The Hall–Kier alpha value is -1.92. The van der Waals surface area contributed by atoms with Gasteiger partial charge in [0.05, 0.1) is 36.4 Å². The Balaban J connectivity index is 1.90. The lowest BCUT2D eigenvalue weighted by Gasteiger charge is -2.35. The molecule has 0 aliphatic carbocycles. The maximum atomic E-state index is 12.6. The quantitative estimate of drug-likeness (QED) is 0.411. The van der Waals surface area contributed by atoms with E-state index < -0.39 is 11.9 Å². The van der Waals surface area contributed by atoms with Gasteiger partial charge in [0.15, 0.2) is 0 Å². The first kappa shape index (κ1) is 22.4. The molecule has 0 unspecified atom stereocenters. The van der Waals surface area contributed by atoms with Crippen LogP contribution in [0.25, 0.3) is 0 Å². The monoisotopic (exact) mass is 392 g/mol. The van der Waals surface area contributed by atoms with Gasteiger partial charge in [-0.15, -0.1) is 0 Å². The van der Waals surface area contributed by atoms with E-state index in [1.54, 1.807) is 24.3 Å². The van der Waals surface area contributed by atoms with Crippen LogP contribution in [0.15, 0.2) is 24.3 Å². The summed E-state index contributed by atoms with van der Waals surface area (Å²) in [6, 6.07) is 6.61. The van der Waals surface area contributed by atoms with Crippen molar-refractivity contribution >= 4 is 11.9 Å². The molecule has 0 bridgehead atoms. The molecule has 1 aliphatic rings. The van der Waals surface area contributed by atoms with E-state index in [0.29, 0.717) is 19.8 Å². The molecular formula is C22H32O6. The van der Waals surface area contributed by atoms with Gasteiger partial charge in [0.2, 0.25) is 0 Å². The van der Waals surface area contributed by atoms with Gasteiger partial charge < -0.3 is 18.9 Å². The van der Waals surface area contributed by atoms with Crippen LogP contribution in [0.5, 0.6) is 0 Å². The van der Waals surface area contributed by atoms with E-state index in [2.05, 4.69) is 6.92 Å². The minimum absolute atomic E-state index is 0.184. The number of rotatable bonds is 11. The molecule has 6 heteroatoms. The number of carbonyl (C=O) groups is 2. The van der Waals surface area contributed by atoms with Gasteiger partial charge in [-0.2, -0.15) is 0 Å². The second kappa shape index (κ2) is 11.8. The number of hydrogen-bond acceptors (Lipinski definition) is 6. The van der Waals surface area contributed by atoms with Crippen LogP contribution in [-0.2, 0) is 18.9 Å². The molecule has 1 aromatic carbocycles. The number of unbranched alkanes of at least 4 members (excludes halogenated alkanes) is 4. The first-order valence-electron chi connectivity index (χ1n) is 10.2. The Morgan fingerprint density at radius 3 is 2.14 bits per heavy atom. The zero-order valence-electron chi connectivity index (χ0n) is 17.0. The summed E-state index contributed by atoms with van der Waals surface area (Å²) in [5.74, 6) is -1.02. The number of hydrogen-bond donors (Lipinski definition) is 0. The third kappa shape index (κ3) is 6.60. The molecule has 2 rings (SSSR count). The van der Waals surface area contributed by atoms with Gasteiger partial charge in [-0.25, -0.2) is 9.59 Å². The van der Waals surface area contributed by atoms with Gasteiger partial charge in [0.25, 0.3) is 0 Å². The Bertz CT molecular complexity index is 621. The lowest BCUT2D eigenvalue weighted by molar-refractivity contribution is -0.177. The molecular weight excluding hydrogens is 360 g/mol. The van der Waals surface area contributed by atoms with Gasteiger partial charge >= 0.3 is 11.9 Å². The van der Waals surface area contributed by atoms with Crippen molar-refractivity contribution in [1.82, 2.24) is 0 Å². The second-order valence-electron chi connectivity index (χ2n) is 7.34. The molecule has 0 N–H and O–H groups in total. The summed E-state index contributed by atoms with van der Waals surface area (Å²) in [4.78, 5) is 25.0. The first-order chi connectivity index (χ1) is 13.6. The highest BCUT2D eigenvalue weighted by Gasteiger charge is 2.34. The summed E-state index contributed by atoms with van der Waals surface area (Å²) < 4.78 is 21.6. The summed E-state index contributed by atoms with van der Waals surface area (Å²) in [6.07, 6.45) is 6.14. The number of carbonyl (C=O) groups excluding carboxylic acids is 2. The molecule has 0 saturated carbocycles. The van der Waals surface area contributed by atoms with E-state index in [1.165, 1.54) is 12.8 Å². The van der Waals surface area contributed by atoms with Crippen molar-refractivity contribution in [2.45, 2.75) is 52.4 Å². The van der Waals surface area contributed by atoms with Crippen LogP contribution in [0, 0.1) is 5.41 Å². The molecule has 0 atom stereocenters. The molecule has 0 aromatic heterocycles. The highest BCUT2D eigenvalue weighted by atomic mass is 16.7. The van der Waals surface area contributed by atoms with Crippen molar-refractivity contribution in [1.29, 1.82) is 0 Å². The summed E-state index contributed by atoms with van der Waals surface area (Å²) in [5.41, 5.74) is 0.118. The normalized spacial score (nSPS) is 15.8. The zero-order chi connectivity index (χ0) is 20.2. The Kier molecular flexibility index (Phi) is 9.44. The SMILES string of the molecule is CCCCCCCOC(=O)c1ccccc1C(=O)OCC1(CC)COCOC1. The molecule has 1 aromatic rings. The van der Waals surface area contributed by atoms with Crippen molar-refractivity contribution in [2.24, 2.45) is 5.41 Å². The van der Waals surface area contributed by atoms with Crippen LogP contribution < -0.4 is 0 Å². The molecule has 0 amide bonds. The van der Waals surface area contributed by atoms with Crippen molar-refractivity contribution < 1.29 is 28.5 Å². The summed E-state index contributed by atoms with van der Waals surface area (Å²) in [6.45, 7) is 5.95. The van der Waals surface area contributed by atoms with Gasteiger partial charge in [0, 0.05) is 0 Å². The zero-order valence-corrected chi connectivity index (χ0v) is 17.0. The fourth-order valence-corrected chi connectivity index (χ4v) is 3.09. The van der Waals surface area contributed by atoms with E-state index in [0.717, 1.165) is 25.7 Å². The number of ether oxygens (including phenoxy) is 4. The molecule has 0 radical (unpaired) electrons. The molecule has 0 spiro atoms. The smallest absolute Gasteiger partial charge is 0.339 e. The third-order valence-electron chi connectivity index (χ3n) is 5.09. The van der Waals surface area contributed by atoms with Gasteiger partial charge in [-0.3, -0.25) is 0 Å². The van der Waals surface area contributed by atoms with Crippen LogP contribution in [0.3, 0.4) is 0 Å². The minimum atomic E-state index is -0.533. The molecule has 1 heterocycles. The molecule has 1 saturated heterocycles. The van der Waals surface area contributed by atoms with E-state index in [-0.39, 0.29) is 29.9 Å². The summed E-state index contributed by atoms with van der Waals surface area (Å²) >= 11 is 0. The van der Waals surface area contributed by atoms with Crippen molar-refractivity contribution in [3.63, 3.8) is 0 Å². The molecule has 1 aliphatic heterocycles. The van der Waals surface area contributed by atoms with Crippen molar-refractivity contribution in [3.05, 3.63) is 35.4 Å². The molecule has 28 heavy (non-hydrogen) atoms. The van der Waals surface area contributed by atoms with Crippen LogP contribution in [0.4, 0.5) is 0 Å². The maximum Gasteiger partial charge on any atom is 0.339 e. The number of benzene rings is 1. The van der Waals surface area contributed by atoms with Crippen molar-refractivity contribution in [3.8, 4) is 0 Å². The van der Waals surface area contributed by atoms with Crippen LogP contribution >= 0.6 is 0 Å². The van der Waals surface area contributed by atoms with Crippen LogP contribution in [0.1, 0.15) is 73.1 Å². The van der Waals surface area contributed by atoms with E-state index >= 15 is 0 Å². The largest absolute Gasteiger partial charge is 0.462 e. The van der Waals surface area contributed by atoms with Gasteiger partial charge in [-0.05, 0) is 25.0 Å². The predicted molar refractivity (Wildman–Crippen MR) is 105 cm³/mol. The Morgan fingerprint density at radius 2 is 1.54 bits per heavy atom. The average Bonchev–Trinajstić information content (AvgIpc) is 2.75. The standard InChI is InChI=1S/C22H32O6/c1-3-5-6-7-10-13-27-20(23)18-11-8-9-12-19(18)21(24)28-16-22(4-2)14-25-17-26-15-22/h8-9,11-12H,3-7,10,13-17H2,1-2H3. The van der Waals surface area contributed by atoms with E-state index in [4.69, 9.17) is 18.9 Å². The first-order valence-corrected chi connectivity index (χ1v) is 10.2. The third-order valence-corrected chi connectivity index (χ3v) is 5.09. The number of esters is 2. The Labute approximate surface area is 167 Å². The predicted octanol–water partition coefficient (Wildman–Crippen LogP) is 4.37. The Morgan fingerprint density at radius 1 is 0.929 bits per heavy atom. The fraction of sp³-hybridized carbons (Fsp3) is 0.636. The molecule has 156 valence electrons. The van der Waals surface area contributed by atoms with Gasteiger partial charge in [0.1, 0.15) is 13.4 Å². The second-order valence-corrected chi connectivity index (χ2v) is 7.34. The van der Waals surface area contributed by atoms with Crippen molar-refractivity contribution in [2.75, 3.05) is 33.2 Å². The van der Waals surface area contributed by atoms with Gasteiger partial charge in [-0.1, -0.05) is 51.7 Å². The maximum absolute atomic E-state index is 12.6. The van der Waals surface area contributed by atoms with E-state index in [1.807, 2.05) is 6.92 Å². The lowest BCUT2D eigenvalue weighted by atomic mass is 9.87. The highest BCUT2D eigenvalue weighted by Crippen LogP contribution is 2.27. The average molecular weight is 392 g/mol. The topological polar surface area (TPSA) is 71.1 Å².